The minimum atomic E-state index is -2.77. The van der Waals surface area contributed by atoms with E-state index in [1.807, 2.05) is 24.4 Å². The Bertz CT molecular complexity index is 2130. The van der Waals surface area contributed by atoms with Gasteiger partial charge in [0, 0.05) is 42.0 Å². The quantitative estimate of drug-likeness (QED) is 0.174. The predicted molar refractivity (Wildman–Crippen MR) is 152 cm³/mol. The van der Waals surface area contributed by atoms with Crippen LogP contribution < -0.4 is 0 Å². The first kappa shape index (κ1) is 17.1. The topological polar surface area (TPSA) is 38.9 Å². The molecule has 0 amide bonds. The van der Waals surface area contributed by atoms with Crippen molar-refractivity contribution in [1.29, 1.82) is 0 Å². The minimum absolute atomic E-state index is 0. The third-order valence-electron chi connectivity index (χ3n) is 5.92. The van der Waals surface area contributed by atoms with E-state index in [1.54, 1.807) is 0 Å². The summed E-state index contributed by atoms with van der Waals surface area (Å²) in [6, 6.07) is 16.2. The number of benzene rings is 3. The van der Waals surface area contributed by atoms with E-state index >= 15 is 0 Å². The molecule has 0 atom stereocenters. The second kappa shape index (κ2) is 12.3. The molecule has 38 heavy (non-hydrogen) atoms. The van der Waals surface area contributed by atoms with Gasteiger partial charge in [0.2, 0.25) is 0 Å². The van der Waals surface area contributed by atoms with Crippen LogP contribution in [-0.2, 0) is 26.5 Å². The van der Waals surface area contributed by atoms with Crippen molar-refractivity contribution >= 4 is 21.9 Å². The minimum Gasteiger partial charge on any atom is -0.501 e. The summed E-state index contributed by atoms with van der Waals surface area (Å²) in [6.07, 6.45) is 2.56. The fraction of sp³-hybridized carbons (Fsp3) is 0.176. The molecule has 0 N–H and O–H groups in total. The van der Waals surface area contributed by atoms with Crippen LogP contribution in [0.4, 0.5) is 0 Å². The largest absolute Gasteiger partial charge is 0.501 e. The summed E-state index contributed by atoms with van der Waals surface area (Å²) in [4.78, 5) is 8.45. The average molecular weight is 685 g/mol. The Morgan fingerprint density at radius 2 is 1.89 bits per heavy atom. The predicted octanol–water partition coefficient (Wildman–Crippen LogP) is 8.99. The molecule has 4 heteroatoms. The smallest absolute Gasteiger partial charge is 0.120 e. The van der Waals surface area contributed by atoms with Crippen molar-refractivity contribution in [2.24, 2.45) is 0 Å². The Hall–Kier alpha value is -3.59. The van der Waals surface area contributed by atoms with E-state index in [9.17, 15) is 0 Å². The Balaban J connectivity index is 0.000000246. The number of hydrogen-bond donors (Lipinski definition) is 0. The van der Waals surface area contributed by atoms with E-state index < -0.39 is 54.8 Å². The molecule has 0 bridgehead atoms. The first-order chi connectivity index (χ1) is 22.2. The van der Waals surface area contributed by atoms with E-state index in [0.29, 0.717) is 5.92 Å². The van der Waals surface area contributed by atoms with Crippen LogP contribution in [0.1, 0.15) is 57.1 Å². The summed E-state index contributed by atoms with van der Waals surface area (Å²) >= 11 is 0. The molecule has 6 aromatic rings. The van der Waals surface area contributed by atoms with Gasteiger partial charge in [0.05, 0.1) is 15.2 Å². The summed E-state index contributed by atoms with van der Waals surface area (Å²) in [5.74, 6) is 0.534. The number of pyridine rings is 2. The molecule has 0 aliphatic rings. The van der Waals surface area contributed by atoms with Crippen LogP contribution >= 0.6 is 0 Å². The van der Waals surface area contributed by atoms with Crippen LogP contribution in [0, 0.1) is 19.0 Å². The first-order valence-corrected chi connectivity index (χ1v) is 11.9. The number of aryl methyl sites for hydroxylation is 1. The zero-order valence-electron chi connectivity index (χ0n) is 31.0. The van der Waals surface area contributed by atoms with Crippen LogP contribution in [-0.4, -0.2) is 9.97 Å². The van der Waals surface area contributed by atoms with Gasteiger partial charge in [0.25, 0.3) is 0 Å². The molecule has 0 aliphatic heterocycles. The SMILES string of the molecule is CCc1cc(-c2[c-]cccc2)ncc1C(C)C.[2H]c1nc(-c2[c-]ccc3c2oc2c([2H])c([2H])c(C([2H])([2H])[2H])c([2H])c23)c([2H])c([2H])c1[2H].[Ir]. The maximum absolute atomic E-state index is 8.37. The Labute approximate surface area is 252 Å². The fourth-order valence-electron chi connectivity index (χ4n) is 4.11. The van der Waals surface area contributed by atoms with Gasteiger partial charge in [-0.3, -0.25) is 0 Å². The molecule has 3 heterocycles. The zero-order chi connectivity index (χ0) is 34.4. The van der Waals surface area contributed by atoms with Gasteiger partial charge < -0.3 is 14.4 Å². The van der Waals surface area contributed by atoms with E-state index in [2.05, 4.69) is 55.0 Å². The molecule has 6 rings (SSSR count). The summed E-state index contributed by atoms with van der Waals surface area (Å²) < 4.78 is 84.6. The summed E-state index contributed by atoms with van der Waals surface area (Å²) in [5.41, 5.74) is 4.10. The number of fused-ring (bicyclic) bond motifs is 3. The van der Waals surface area contributed by atoms with Crippen LogP contribution in [0.15, 0.2) is 95.5 Å². The Morgan fingerprint density at radius 3 is 2.66 bits per heavy atom. The molecule has 3 nitrogen and oxygen atoms in total. The van der Waals surface area contributed by atoms with Crippen molar-refractivity contribution in [3.05, 3.63) is 120 Å². The Kier molecular flexibility index (Phi) is 5.53. The zero-order valence-corrected chi connectivity index (χ0v) is 23.4. The average Bonchev–Trinajstić information content (AvgIpc) is 3.45. The van der Waals surface area contributed by atoms with Gasteiger partial charge in [-0.25, -0.2) is 0 Å². The van der Waals surface area contributed by atoms with Crippen molar-refractivity contribution in [3.8, 4) is 22.5 Å². The molecule has 3 aromatic heterocycles. The van der Waals surface area contributed by atoms with E-state index in [-0.39, 0.29) is 53.3 Å². The van der Waals surface area contributed by atoms with Crippen molar-refractivity contribution in [1.82, 2.24) is 9.97 Å². The van der Waals surface area contributed by atoms with Crippen LogP contribution in [0.25, 0.3) is 44.5 Å². The van der Waals surface area contributed by atoms with Gasteiger partial charge in [-0.2, -0.15) is 0 Å². The molecule has 1 radical (unpaired) electrons. The maximum Gasteiger partial charge on any atom is 0.120 e. The monoisotopic (exact) mass is 685 g/mol. The van der Waals surface area contributed by atoms with E-state index in [4.69, 9.17) is 18.1 Å². The van der Waals surface area contributed by atoms with Crippen LogP contribution in [0.3, 0.4) is 0 Å². The third kappa shape index (κ3) is 5.77. The number of furan rings is 1. The number of nitrogens with zero attached hydrogens (tertiary/aromatic N) is 2. The van der Waals surface area contributed by atoms with Gasteiger partial charge in [0.15, 0.2) is 0 Å². The van der Waals surface area contributed by atoms with E-state index in [0.717, 1.165) is 17.7 Å². The van der Waals surface area contributed by atoms with Crippen LogP contribution in [0.5, 0.6) is 0 Å². The van der Waals surface area contributed by atoms with Crippen molar-refractivity contribution in [3.63, 3.8) is 0 Å². The molecule has 0 aliphatic carbocycles. The standard InChI is InChI=1S/C18H12NO.C16H18N.Ir/c1-12-8-9-17-15(11-12)13-5-4-6-14(18(13)20-17)16-7-2-3-10-19-16;1-4-13-10-16(14-8-6-5-7-9-14)17-11-15(13)12(2)3;/h2-5,7-11H,1H3;5-8,10-12H,4H2,1-3H3;/q2*-1;/i1D3,2D,3D,7D,8D,9D,10D,11D;;. The molecular formula is C34H30IrN2O-2. The molecule has 0 saturated heterocycles. The molecule has 0 unspecified atom stereocenters. The van der Waals surface area contributed by atoms with Crippen LogP contribution in [0.2, 0.25) is 0 Å². The summed E-state index contributed by atoms with van der Waals surface area (Å²) in [7, 11) is 0. The molecule has 0 spiro atoms. The molecular weight excluding hydrogens is 645 g/mol. The van der Waals surface area contributed by atoms with Gasteiger partial charge in [-0.15, -0.1) is 54.1 Å². The number of rotatable bonds is 4. The fourth-order valence-corrected chi connectivity index (χ4v) is 4.11. The maximum atomic E-state index is 8.37. The van der Waals surface area contributed by atoms with Gasteiger partial charge in [-0.1, -0.05) is 67.0 Å². The number of hydrogen-bond acceptors (Lipinski definition) is 3. The second-order valence-electron chi connectivity index (χ2n) is 8.65. The van der Waals surface area contributed by atoms with Crippen molar-refractivity contribution in [2.45, 2.75) is 40.0 Å². The normalized spacial score (nSPS) is 14.8. The molecule has 3 aromatic carbocycles. The van der Waals surface area contributed by atoms with E-state index in [1.165, 1.54) is 23.3 Å². The molecule has 0 fully saturated rings. The van der Waals surface area contributed by atoms with Crippen molar-refractivity contribution in [2.75, 3.05) is 0 Å². The van der Waals surface area contributed by atoms with Gasteiger partial charge in [-0.05, 0) is 54.3 Å². The Morgan fingerprint density at radius 1 is 1.00 bits per heavy atom. The number of aromatic nitrogens is 2. The third-order valence-corrected chi connectivity index (χ3v) is 5.92. The summed E-state index contributed by atoms with van der Waals surface area (Å²) in [6.45, 7) is 3.85. The van der Waals surface area contributed by atoms with Crippen molar-refractivity contribution < 1.29 is 38.2 Å². The summed E-state index contributed by atoms with van der Waals surface area (Å²) in [5, 5.41) is 0.296. The first-order valence-electron chi connectivity index (χ1n) is 16.9. The van der Waals surface area contributed by atoms with Gasteiger partial charge >= 0.3 is 0 Å². The van der Waals surface area contributed by atoms with Gasteiger partial charge in [0.1, 0.15) is 5.58 Å². The second-order valence-corrected chi connectivity index (χ2v) is 8.65. The molecule has 0 saturated carbocycles. The molecule has 193 valence electrons.